The molecule has 9 heteroatoms. The van der Waals surface area contributed by atoms with Gasteiger partial charge in [0.1, 0.15) is 11.5 Å². The minimum absolute atomic E-state index is 0.118. The van der Waals surface area contributed by atoms with Crippen molar-refractivity contribution >= 4 is 33.5 Å². The van der Waals surface area contributed by atoms with Crippen molar-refractivity contribution in [2.75, 3.05) is 25.0 Å². The topological polar surface area (TPSA) is 81.4 Å². The molecule has 2 aromatic heterocycles. The van der Waals surface area contributed by atoms with Crippen molar-refractivity contribution in [3.05, 3.63) is 39.6 Å². The van der Waals surface area contributed by atoms with E-state index in [1.54, 1.807) is 30.5 Å². The van der Waals surface area contributed by atoms with Crippen LogP contribution in [-0.2, 0) is 11.8 Å². The Hall–Kier alpha value is -2.29. The molecular formula is C19H26BrN5O3. The molecule has 0 unspecified atom stereocenters. The van der Waals surface area contributed by atoms with E-state index in [9.17, 15) is 9.59 Å². The van der Waals surface area contributed by atoms with Crippen LogP contribution < -0.4 is 10.9 Å². The molecule has 0 bridgehead atoms. The molecule has 1 aliphatic rings. The zero-order chi connectivity index (χ0) is 20.1. The van der Waals surface area contributed by atoms with Gasteiger partial charge in [-0.15, -0.1) is 0 Å². The summed E-state index contributed by atoms with van der Waals surface area (Å²) in [6.07, 6.45) is 8.77. The molecule has 3 rings (SSSR count). The molecule has 0 radical (unpaired) electrons. The summed E-state index contributed by atoms with van der Waals surface area (Å²) in [5.74, 6) is 0.622. The number of anilines is 2. The lowest BCUT2D eigenvalue weighted by Gasteiger charge is -2.31. The number of pyridine rings is 1. The molecule has 0 aromatic carbocycles. The predicted molar refractivity (Wildman–Crippen MR) is 111 cm³/mol. The number of carbonyl (C=O) groups excluding carboxylic acids is 1. The van der Waals surface area contributed by atoms with E-state index < -0.39 is 0 Å². The molecule has 0 aliphatic carbocycles. The third kappa shape index (κ3) is 4.95. The number of ether oxygens (including phenoxy) is 1. The SMILES string of the molecule is CCCCOC(=O)N1CCC(n2cnc(Nc3cc(Br)cn(C)c3=O)c2)CC1. The second kappa shape index (κ2) is 9.27. The zero-order valence-electron chi connectivity index (χ0n) is 16.2. The molecule has 1 amide bonds. The van der Waals surface area contributed by atoms with Crippen molar-refractivity contribution in [3.8, 4) is 0 Å². The Morgan fingerprint density at radius 2 is 2.11 bits per heavy atom. The number of aryl methyl sites for hydroxylation is 1. The highest BCUT2D eigenvalue weighted by Gasteiger charge is 2.24. The van der Waals surface area contributed by atoms with Crippen molar-refractivity contribution in [2.24, 2.45) is 7.05 Å². The van der Waals surface area contributed by atoms with Crippen molar-refractivity contribution in [1.82, 2.24) is 19.0 Å². The van der Waals surface area contributed by atoms with Gasteiger partial charge in [0.2, 0.25) is 0 Å². The first-order chi connectivity index (χ1) is 13.5. The molecule has 152 valence electrons. The van der Waals surface area contributed by atoms with Crippen LogP contribution in [0, 0.1) is 0 Å². The summed E-state index contributed by atoms with van der Waals surface area (Å²) < 4.78 is 9.66. The summed E-state index contributed by atoms with van der Waals surface area (Å²) >= 11 is 3.40. The summed E-state index contributed by atoms with van der Waals surface area (Å²) in [5.41, 5.74) is 0.347. The summed E-state index contributed by atoms with van der Waals surface area (Å²) in [6, 6.07) is 2.01. The van der Waals surface area contributed by atoms with Gasteiger partial charge in [0, 0.05) is 43.0 Å². The number of nitrogens with zero attached hydrogens (tertiary/aromatic N) is 4. The molecule has 1 aliphatic heterocycles. The standard InChI is InChI=1S/C19H26BrN5O3/c1-3-4-9-28-19(27)24-7-5-15(6-8-24)25-12-17(21-13-25)22-16-10-14(20)11-23(2)18(16)26/h10-13,15,22H,3-9H2,1-2H3. The van der Waals surface area contributed by atoms with Gasteiger partial charge in [-0.25, -0.2) is 9.78 Å². The third-order valence-electron chi connectivity index (χ3n) is 4.88. The number of unbranched alkanes of at least 4 members (excludes halogenated alkanes) is 1. The van der Waals surface area contributed by atoms with Crippen molar-refractivity contribution in [1.29, 1.82) is 0 Å². The van der Waals surface area contributed by atoms with Gasteiger partial charge in [0.15, 0.2) is 0 Å². The van der Waals surface area contributed by atoms with Gasteiger partial charge < -0.3 is 24.1 Å². The quantitative estimate of drug-likeness (QED) is 0.677. The van der Waals surface area contributed by atoms with Gasteiger partial charge in [0.05, 0.1) is 12.9 Å². The van der Waals surface area contributed by atoms with E-state index in [1.807, 2.05) is 10.8 Å². The van der Waals surface area contributed by atoms with Crippen LogP contribution in [0.2, 0.25) is 0 Å². The van der Waals surface area contributed by atoms with E-state index in [2.05, 4.69) is 33.2 Å². The third-order valence-corrected chi connectivity index (χ3v) is 5.32. The number of hydrogen-bond donors (Lipinski definition) is 1. The van der Waals surface area contributed by atoms with Crippen molar-refractivity contribution in [2.45, 2.75) is 38.6 Å². The van der Waals surface area contributed by atoms with E-state index in [0.717, 1.165) is 30.2 Å². The number of nitrogens with one attached hydrogen (secondary N) is 1. The van der Waals surface area contributed by atoms with E-state index in [1.165, 1.54) is 4.57 Å². The molecule has 0 saturated carbocycles. The van der Waals surface area contributed by atoms with Crippen LogP contribution in [0.25, 0.3) is 0 Å². The number of carbonyl (C=O) groups is 1. The molecule has 0 atom stereocenters. The number of amides is 1. The number of piperidine rings is 1. The lowest BCUT2D eigenvalue weighted by molar-refractivity contribution is 0.0875. The molecule has 8 nitrogen and oxygen atoms in total. The Morgan fingerprint density at radius 1 is 1.36 bits per heavy atom. The normalized spacial score (nSPS) is 14.9. The molecule has 3 heterocycles. The maximum Gasteiger partial charge on any atom is 0.409 e. The number of aromatic nitrogens is 3. The van der Waals surface area contributed by atoms with Gasteiger partial charge in [-0.2, -0.15) is 0 Å². The van der Waals surface area contributed by atoms with E-state index >= 15 is 0 Å². The maximum absolute atomic E-state index is 12.2. The van der Waals surface area contributed by atoms with E-state index in [4.69, 9.17) is 4.74 Å². The average Bonchev–Trinajstić information content (AvgIpc) is 3.14. The molecule has 1 fully saturated rings. The highest BCUT2D eigenvalue weighted by atomic mass is 79.9. The van der Waals surface area contributed by atoms with Crippen LogP contribution in [0.4, 0.5) is 16.3 Å². The van der Waals surface area contributed by atoms with Crippen molar-refractivity contribution in [3.63, 3.8) is 0 Å². The number of halogens is 1. The lowest BCUT2D eigenvalue weighted by atomic mass is 10.1. The first-order valence-electron chi connectivity index (χ1n) is 9.56. The Kier molecular flexibility index (Phi) is 6.77. The predicted octanol–water partition coefficient (Wildman–Crippen LogP) is 3.66. The van der Waals surface area contributed by atoms with Gasteiger partial charge in [-0.3, -0.25) is 4.79 Å². The summed E-state index contributed by atoms with van der Waals surface area (Å²) in [7, 11) is 1.71. The van der Waals surface area contributed by atoms with Crippen LogP contribution in [-0.4, -0.2) is 44.8 Å². The fourth-order valence-electron chi connectivity index (χ4n) is 3.24. The number of likely N-dealkylation sites (tertiary alicyclic amines) is 1. The Bertz CT molecular complexity index is 871. The zero-order valence-corrected chi connectivity index (χ0v) is 17.8. The fraction of sp³-hybridized carbons (Fsp3) is 0.526. The molecule has 0 spiro atoms. The molecule has 2 aromatic rings. The Morgan fingerprint density at radius 3 is 2.82 bits per heavy atom. The van der Waals surface area contributed by atoms with Crippen LogP contribution in [0.1, 0.15) is 38.6 Å². The lowest BCUT2D eigenvalue weighted by Crippen LogP contribution is -2.39. The van der Waals surface area contributed by atoms with Crippen LogP contribution in [0.3, 0.4) is 0 Å². The average molecular weight is 452 g/mol. The second-order valence-electron chi connectivity index (χ2n) is 7.01. The second-order valence-corrected chi connectivity index (χ2v) is 7.92. The maximum atomic E-state index is 12.2. The van der Waals surface area contributed by atoms with Gasteiger partial charge in [-0.05, 0) is 41.3 Å². The first kappa shape index (κ1) is 20.4. The van der Waals surface area contributed by atoms with Gasteiger partial charge >= 0.3 is 6.09 Å². The minimum atomic E-state index is -0.217. The van der Waals surface area contributed by atoms with E-state index in [-0.39, 0.29) is 17.7 Å². The molecule has 1 N–H and O–H groups in total. The van der Waals surface area contributed by atoms with Crippen LogP contribution in [0.5, 0.6) is 0 Å². The number of hydrogen-bond acceptors (Lipinski definition) is 5. The number of rotatable bonds is 6. The largest absolute Gasteiger partial charge is 0.449 e. The summed E-state index contributed by atoms with van der Waals surface area (Å²) in [5, 5.41) is 3.09. The highest BCUT2D eigenvalue weighted by molar-refractivity contribution is 9.10. The van der Waals surface area contributed by atoms with E-state index in [0.29, 0.717) is 31.2 Å². The van der Waals surface area contributed by atoms with Crippen molar-refractivity contribution < 1.29 is 9.53 Å². The summed E-state index contributed by atoms with van der Waals surface area (Å²) in [6.45, 7) is 3.90. The minimum Gasteiger partial charge on any atom is -0.449 e. The smallest absolute Gasteiger partial charge is 0.409 e. The Balaban J connectivity index is 1.57. The number of imidazole rings is 1. The molecular weight excluding hydrogens is 426 g/mol. The van der Waals surface area contributed by atoms with Gasteiger partial charge in [-0.1, -0.05) is 13.3 Å². The van der Waals surface area contributed by atoms with Crippen LogP contribution in [0.15, 0.2) is 34.1 Å². The monoisotopic (exact) mass is 451 g/mol. The van der Waals surface area contributed by atoms with Crippen LogP contribution >= 0.6 is 15.9 Å². The highest BCUT2D eigenvalue weighted by Crippen LogP contribution is 2.25. The molecule has 28 heavy (non-hydrogen) atoms. The van der Waals surface area contributed by atoms with Gasteiger partial charge in [0.25, 0.3) is 5.56 Å². The summed E-state index contributed by atoms with van der Waals surface area (Å²) in [4.78, 5) is 30.4. The Labute approximate surface area is 172 Å². The molecule has 1 saturated heterocycles. The fourth-order valence-corrected chi connectivity index (χ4v) is 3.78. The first-order valence-corrected chi connectivity index (χ1v) is 10.4.